The number of carbonyl (C=O) groups is 2. The minimum absolute atomic E-state index is 0.106. The van der Waals surface area contributed by atoms with Crippen LogP contribution in [0.5, 0.6) is 11.5 Å². The zero-order valence-corrected chi connectivity index (χ0v) is 17.4. The van der Waals surface area contributed by atoms with Gasteiger partial charge in [0, 0.05) is 19.5 Å². The van der Waals surface area contributed by atoms with Crippen LogP contribution in [0.4, 0.5) is 11.4 Å². The van der Waals surface area contributed by atoms with Crippen LogP contribution < -0.4 is 19.7 Å². The van der Waals surface area contributed by atoms with E-state index in [0.717, 1.165) is 5.69 Å². The average molecular weight is 413 g/mol. The molecule has 1 aliphatic rings. The van der Waals surface area contributed by atoms with E-state index in [2.05, 4.69) is 10.3 Å². The normalized spacial score (nSPS) is 16.9. The number of amides is 2. The molecule has 8 heteroatoms. The largest absolute Gasteiger partial charge is 0.495 e. The summed E-state index contributed by atoms with van der Waals surface area (Å²) in [7, 11) is 3.22. The summed E-state index contributed by atoms with van der Waals surface area (Å²) in [5.74, 6) is 0.776. The number of thioether (sulfide) groups is 1. The van der Waals surface area contributed by atoms with Crippen molar-refractivity contribution in [2.24, 2.45) is 4.99 Å². The Morgan fingerprint density at radius 3 is 2.76 bits per heavy atom. The Balaban J connectivity index is 1.74. The van der Waals surface area contributed by atoms with E-state index in [4.69, 9.17) is 9.47 Å². The molecule has 1 atom stereocenters. The Morgan fingerprint density at radius 2 is 2.03 bits per heavy atom. The van der Waals surface area contributed by atoms with Gasteiger partial charge in [-0.15, -0.1) is 0 Å². The van der Waals surface area contributed by atoms with Gasteiger partial charge >= 0.3 is 0 Å². The van der Waals surface area contributed by atoms with E-state index in [0.29, 0.717) is 29.0 Å². The number of imide groups is 1. The molecule has 7 nitrogen and oxygen atoms in total. The van der Waals surface area contributed by atoms with E-state index in [9.17, 15) is 9.59 Å². The second-order valence-electron chi connectivity index (χ2n) is 6.16. The van der Waals surface area contributed by atoms with Crippen LogP contribution in [0, 0.1) is 0 Å². The molecular formula is C21H23N3O4S. The fourth-order valence-corrected chi connectivity index (χ4v) is 3.96. The van der Waals surface area contributed by atoms with Crippen molar-refractivity contribution in [2.45, 2.75) is 18.6 Å². The number of rotatable bonds is 6. The first-order valence-corrected chi connectivity index (χ1v) is 10.1. The molecule has 1 saturated heterocycles. The summed E-state index contributed by atoms with van der Waals surface area (Å²) >= 11 is 1.23. The van der Waals surface area contributed by atoms with Crippen molar-refractivity contribution < 1.29 is 19.1 Å². The molecule has 0 aliphatic carbocycles. The maximum absolute atomic E-state index is 12.9. The van der Waals surface area contributed by atoms with Gasteiger partial charge in [-0.3, -0.25) is 14.6 Å². The lowest BCUT2D eigenvalue weighted by Gasteiger charge is -2.17. The van der Waals surface area contributed by atoms with Gasteiger partial charge in [0.1, 0.15) is 16.7 Å². The van der Waals surface area contributed by atoms with Crippen LogP contribution in [0.2, 0.25) is 0 Å². The van der Waals surface area contributed by atoms with Crippen LogP contribution in [0.1, 0.15) is 13.3 Å². The number of carbonyl (C=O) groups excluding carboxylic acids is 2. The molecule has 1 unspecified atom stereocenters. The third-order valence-corrected chi connectivity index (χ3v) is 5.46. The highest BCUT2D eigenvalue weighted by Crippen LogP contribution is 2.33. The predicted octanol–water partition coefficient (Wildman–Crippen LogP) is 3.56. The highest BCUT2D eigenvalue weighted by molar-refractivity contribution is 8.15. The summed E-state index contributed by atoms with van der Waals surface area (Å²) in [6.45, 7) is 2.39. The summed E-state index contributed by atoms with van der Waals surface area (Å²) < 4.78 is 10.8. The first kappa shape index (κ1) is 20.7. The summed E-state index contributed by atoms with van der Waals surface area (Å²) in [6, 6.07) is 14.4. The number of hydrogen-bond donors (Lipinski definition) is 1. The molecule has 1 heterocycles. The van der Waals surface area contributed by atoms with Gasteiger partial charge in [-0.25, -0.2) is 4.90 Å². The van der Waals surface area contributed by atoms with Crippen LogP contribution in [-0.2, 0) is 9.59 Å². The Labute approximate surface area is 174 Å². The van der Waals surface area contributed by atoms with Crippen molar-refractivity contribution in [3.05, 3.63) is 48.5 Å². The topological polar surface area (TPSA) is 80.2 Å². The van der Waals surface area contributed by atoms with E-state index < -0.39 is 5.25 Å². The number of ether oxygens (including phenoxy) is 2. The SMILES string of the molecule is CCOc1cccc(N2C(=O)CC(SC(=NC)Nc3ccccc3OC)C2=O)c1. The molecule has 152 valence electrons. The van der Waals surface area contributed by atoms with Gasteiger partial charge in [0.05, 0.1) is 25.1 Å². The maximum Gasteiger partial charge on any atom is 0.247 e. The zero-order chi connectivity index (χ0) is 20.8. The molecule has 0 bridgehead atoms. The summed E-state index contributed by atoms with van der Waals surface area (Å²) in [6.07, 6.45) is 0.106. The van der Waals surface area contributed by atoms with Gasteiger partial charge in [0.25, 0.3) is 0 Å². The second-order valence-corrected chi connectivity index (χ2v) is 7.35. The molecular weight excluding hydrogens is 390 g/mol. The number of hydrogen-bond acceptors (Lipinski definition) is 6. The number of nitrogens with one attached hydrogen (secondary N) is 1. The van der Waals surface area contributed by atoms with Gasteiger partial charge < -0.3 is 14.8 Å². The Bertz CT molecular complexity index is 932. The minimum Gasteiger partial charge on any atom is -0.495 e. The van der Waals surface area contributed by atoms with Crippen LogP contribution in [0.3, 0.4) is 0 Å². The van der Waals surface area contributed by atoms with E-state index in [1.807, 2.05) is 31.2 Å². The quantitative estimate of drug-likeness (QED) is 0.443. The number of amidine groups is 1. The molecule has 1 fully saturated rings. The van der Waals surface area contributed by atoms with E-state index in [1.165, 1.54) is 16.7 Å². The van der Waals surface area contributed by atoms with Crippen LogP contribution in [0.25, 0.3) is 0 Å². The lowest BCUT2D eigenvalue weighted by Crippen LogP contribution is -2.31. The Hall–Kier alpha value is -3.00. The van der Waals surface area contributed by atoms with Gasteiger partial charge in [0.15, 0.2) is 5.17 Å². The fourth-order valence-electron chi connectivity index (χ4n) is 2.98. The third kappa shape index (κ3) is 4.71. The smallest absolute Gasteiger partial charge is 0.247 e. The van der Waals surface area contributed by atoms with Gasteiger partial charge in [-0.1, -0.05) is 30.0 Å². The Kier molecular flexibility index (Phi) is 6.77. The number of anilines is 2. The molecule has 0 spiro atoms. The van der Waals surface area contributed by atoms with Crippen LogP contribution >= 0.6 is 11.8 Å². The monoisotopic (exact) mass is 413 g/mol. The summed E-state index contributed by atoms with van der Waals surface area (Å²) in [5.41, 5.74) is 1.25. The minimum atomic E-state index is -0.556. The molecule has 2 amide bonds. The van der Waals surface area contributed by atoms with Crippen LogP contribution in [-0.4, -0.2) is 43.0 Å². The number of aliphatic imine (C=N–C) groups is 1. The van der Waals surface area contributed by atoms with Crippen molar-refractivity contribution in [3.63, 3.8) is 0 Å². The average Bonchev–Trinajstić information content (AvgIpc) is 3.01. The lowest BCUT2D eigenvalue weighted by molar-refractivity contribution is -0.121. The molecule has 1 aliphatic heterocycles. The molecule has 0 saturated carbocycles. The summed E-state index contributed by atoms with van der Waals surface area (Å²) in [4.78, 5) is 31.0. The molecule has 0 aromatic heterocycles. The van der Waals surface area contributed by atoms with Gasteiger partial charge in [-0.05, 0) is 31.2 Å². The first-order chi connectivity index (χ1) is 14.1. The number of nitrogens with zero attached hydrogens (tertiary/aromatic N) is 2. The highest BCUT2D eigenvalue weighted by Gasteiger charge is 2.41. The molecule has 29 heavy (non-hydrogen) atoms. The van der Waals surface area contributed by atoms with Crippen molar-refractivity contribution in [2.75, 3.05) is 31.0 Å². The highest BCUT2D eigenvalue weighted by atomic mass is 32.2. The summed E-state index contributed by atoms with van der Waals surface area (Å²) in [5, 5.41) is 3.15. The Morgan fingerprint density at radius 1 is 1.24 bits per heavy atom. The number of methoxy groups -OCH3 is 1. The van der Waals surface area contributed by atoms with Crippen molar-refractivity contribution in [3.8, 4) is 11.5 Å². The van der Waals surface area contributed by atoms with Gasteiger partial charge in [0.2, 0.25) is 11.8 Å². The van der Waals surface area contributed by atoms with Crippen molar-refractivity contribution in [1.82, 2.24) is 0 Å². The van der Waals surface area contributed by atoms with E-state index in [-0.39, 0.29) is 18.2 Å². The number of benzene rings is 2. The first-order valence-electron chi connectivity index (χ1n) is 9.20. The standard InChI is InChI=1S/C21H23N3O4S/c1-4-28-15-9-7-8-14(12-15)24-19(25)13-18(20(24)26)29-21(22-2)23-16-10-5-6-11-17(16)27-3/h5-12,18H,4,13H2,1-3H3,(H,22,23). The van der Waals surface area contributed by atoms with Crippen LogP contribution in [0.15, 0.2) is 53.5 Å². The van der Waals surface area contributed by atoms with Crippen molar-refractivity contribution >= 4 is 40.1 Å². The molecule has 1 N–H and O–H groups in total. The predicted molar refractivity (Wildman–Crippen MR) is 116 cm³/mol. The van der Waals surface area contributed by atoms with Crippen molar-refractivity contribution in [1.29, 1.82) is 0 Å². The van der Waals surface area contributed by atoms with E-state index in [1.54, 1.807) is 38.4 Å². The maximum atomic E-state index is 12.9. The third-order valence-electron chi connectivity index (χ3n) is 4.30. The van der Waals surface area contributed by atoms with E-state index >= 15 is 0 Å². The molecule has 2 aromatic carbocycles. The fraction of sp³-hybridized carbons (Fsp3) is 0.286. The second kappa shape index (κ2) is 9.47. The molecule has 0 radical (unpaired) electrons. The lowest BCUT2D eigenvalue weighted by atomic mass is 10.3. The zero-order valence-electron chi connectivity index (χ0n) is 16.5. The number of para-hydroxylation sites is 2. The van der Waals surface area contributed by atoms with Gasteiger partial charge in [-0.2, -0.15) is 0 Å². The molecule has 2 aromatic rings. The molecule has 3 rings (SSSR count).